The highest BCUT2D eigenvalue weighted by Crippen LogP contribution is 2.36. The standard InChI is InChI=1S/C24H19N3O3/c28-19-12-5-4-10-17(19)23(29)26-22-24(30)27-14-13-16-9-6-11-18(21(16)27)20(25-22)15-7-2-1-3-8-15/h1-12,22,28H,13-14H2,(H,26,29)/t22-/m0/s1. The molecule has 148 valence electrons. The Hall–Kier alpha value is -3.93. The summed E-state index contributed by atoms with van der Waals surface area (Å²) in [6.45, 7) is 0.547. The van der Waals surface area contributed by atoms with Gasteiger partial charge in [-0.1, -0.05) is 60.7 Å². The van der Waals surface area contributed by atoms with Crippen molar-refractivity contribution >= 4 is 23.2 Å². The van der Waals surface area contributed by atoms with Crippen LogP contribution in [0.1, 0.15) is 27.0 Å². The Balaban J connectivity index is 1.61. The molecule has 0 fully saturated rings. The van der Waals surface area contributed by atoms with Crippen LogP contribution in [-0.2, 0) is 11.2 Å². The van der Waals surface area contributed by atoms with E-state index < -0.39 is 12.1 Å². The Morgan fingerprint density at radius 1 is 1.00 bits per heavy atom. The Morgan fingerprint density at radius 3 is 2.57 bits per heavy atom. The Kier molecular flexibility index (Phi) is 4.32. The molecule has 30 heavy (non-hydrogen) atoms. The number of hydrogen-bond acceptors (Lipinski definition) is 4. The van der Waals surface area contributed by atoms with Crippen LogP contribution in [0.4, 0.5) is 5.69 Å². The number of anilines is 1. The van der Waals surface area contributed by atoms with Crippen molar-refractivity contribution < 1.29 is 14.7 Å². The van der Waals surface area contributed by atoms with Gasteiger partial charge in [-0.15, -0.1) is 0 Å². The quantitative estimate of drug-likeness (QED) is 0.713. The van der Waals surface area contributed by atoms with Gasteiger partial charge >= 0.3 is 0 Å². The molecule has 3 aromatic rings. The van der Waals surface area contributed by atoms with E-state index >= 15 is 0 Å². The minimum Gasteiger partial charge on any atom is -0.507 e. The van der Waals surface area contributed by atoms with Crippen LogP contribution in [0, 0.1) is 0 Å². The second-order valence-electron chi connectivity index (χ2n) is 7.29. The molecule has 0 spiro atoms. The maximum Gasteiger partial charge on any atom is 0.272 e. The van der Waals surface area contributed by atoms with Crippen molar-refractivity contribution in [1.29, 1.82) is 0 Å². The first kappa shape index (κ1) is 18.1. The largest absolute Gasteiger partial charge is 0.507 e. The first-order valence-corrected chi connectivity index (χ1v) is 9.79. The van der Waals surface area contributed by atoms with Gasteiger partial charge < -0.3 is 15.3 Å². The number of hydrogen-bond donors (Lipinski definition) is 2. The first-order valence-electron chi connectivity index (χ1n) is 9.79. The molecule has 6 heteroatoms. The summed E-state index contributed by atoms with van der Waals surface area (Å²) in [6.07, 6.45) is -0.331. The summed E-state index contributed by atoms with van der Waals surface area (Å²) in [5, 5.41) is 12.7. The fourth-order valence-electron chi connectivity index (χ4n) is 4.06. The highest BCUT2D eigenvalue weighted by molar-refractivity contribution is 6.21. The zero-order chi connectivity index (χ0) is 20.7. The molecule has 2 N–H and O–H groups in total. The molecule has 5 rings (SSSR count). The van der Waals surface area contributed by atoms with E-state index in [1.54, 1.807) is 17.0 Å². The number of phenols is 1. The number of nitrogens with zero attached hydrogens (tertiary/aromatic N) is 2. The maximum atomic E-state index is 13.3. The maximum absolute atomic E-state index is 13.3. The number of aliphatic imine (C=N–C) groups is 1. The summed E-state index contributed by atoms with van der Waals surface area (Å²) < 4.78 is 0. The van der Waals surface area contributed by atoms with Crippen molar-refractivity contribution in [2.75, 3.05) is 11.4 Å². The number of aromatic hydroxyl groups is 1. The third-order valence-corrected chi connectivity index (χ3v) is 5.47. The number of carbonyl (C=O) groups excluding carboxylic acids is 2. The van der Waals surface area contributed by atoms with Gasteiger partial charge in [-0.05, 0) is 24.1 Å². The topological polar surface area (TPSA) is 82.0 Å². The van der Waals surface area contributed by atoms with E-state index in [1.165, 1.54) is 12.1 Å². The summed E-state index contributed by atoms with van der Waals surface area (Å²) in [6, 6.07) is 21.8. The van der Waals surface area contributed by atoms with E-state index in [9.17, 15) is 14.7 Å². The van der Waals surface area contributed by atoms with Crippen LogP contribution < -0.4 is 10.2 Å². The summed E-state index contributed by atoms with van der Waals surface area (Å²) in [4.78, 5) is 32.6. The molecular formula is C24H19N3O3. The highest BCUT2D eigenvalue weighted by atomic mass is 16.3. The fourth-order valence-corrected chi connectivity index (χ4v) is 4.06. The Bertz CT molecular complexity index is 1190. The first-order chi connectivity index (χ1) is 14.6. The molecule has 0 saturated heterocycles. The monoisotopic (exact) mass is 397 g/mol. The van der Waals surface area contributed by atoms with E-state index in [1.807, 2.05) is 48.5 Å². The number of nitrogens with one attached hydrogen (secondary N) is 1. The lowest BCUT2D eigenvalue weighted by Crippen LogP contribution is -2.47. The lowest BCUT2D eigenvalue weighted by Gasteiger charge is -2.21. The molecule has 3 aromatic carbocycles. The van der Waals surface area contributed by atoms with E-state index in [4.69, 9.17) is 4.99 Å². The predicted molar refractivity (Wildman–Crippen MR) is 114 cm³/mol. The molecule has 0 aliphatic carbocycles. The van der Waals surface area contributed by atoms with Gasteiger partial charge in [0.2, 0.25) is 6.17 Å². The zero-order valence-electron chi connectivity index (χ0n) is 16.1. The SMILES string of the molecule is O=C(N[C@@H]1N=C(c2ccccc2)c2cccc3c2N(CC3)C1=O)c1ccccc1O. The Morgan fingerprint density at radius 2 is 1.77 bits per heavy atom. The molecule has 2 aliphatic rings. The molecule has 1 atom stereocenters. The van der Waals surface area contributed by atoms with Gasteiger partial charge in [0.1, 0.15) is 5.75 Å². The number of rotatable bonds is 3. The summed E-state index contributed by atoms with van der Waals surface area (Å²) in [5.74, 6) is -0.973. The van der Waals surface area contributed by atoms with Crippen LogP contribution in [0.3, 0.4) is 0 Å². The van der Waals surface area contributed by atoms with Crippen molar-refractivity contribution in [1.82, 2.24) is 5.32 Å². The highest BCUT2D eigenvalue weighted by Gasteiger charge is 2.37. The Labute approximate surface area is 173 Å². The van der Waals surface area contributed by atoms with Gasteiger partial charge in [0.05, 0.1) is 17.0 Å². The predicted octanol–water partition coefficient (Wildman–Crippen LogP) is 2.89. The molecule has 0 radical (unpaired) electrons. The van der Waals surface area contributed by atoms with Crippen LogP contribution in [-0.4, -0.2) is 35.3 Å². The van der Waals surface area contributed by atoms with Crippen molar-refractivity contribution in [3.63, 3.8) is 0 Å². The minimum absolute atomic E-state index is 0.102. The van der Waals surface area contributed by atoms with E-state index in [0.717, 1.165) is 28.8 Å². The third kappa shape index (κ3) is 2.93. The van der Waals surface area contributed by atoms with Crippen LogP contribution in [0.5, 0.6) is 5.75 Å². The normalized spacial score (nSPS) is 17.2. The second-order valence-corrected chi connectivity index (χ2v) is 7.29. The van der Waals surface area contributed by atoms with Crippen LogP contribution >= 0.6 is 0 Å². The van der Waals surface area contributed by atoms with Gasteiger partial charge in [-0.2, -0.15) is 0 Å². The van der Waals surface area contributed by atoms with Crippen LogP contribution in [0.25, 0.3) is 0 Å². The van der Waals surface area contributed by atoms with Crippen molar-refractivity contribution in [3.8, 4) is 5.75 Å². The number of carbonyl (C=O) groups is 2. The van der Waals surface area contributed by atoms with Crippen LogP contribution in [0.15, 0.2) is 77.8 Å². The molecule has 0 bridgehead atoms. The van der Waals surface area contributed by atoms with Crippen molar-refractivity contribution in [3.05, 3.63) is 95.1 Å². The van der Waals surface area contributed by atoms with Crippen molar-refractivity contribution in [2.24, 2.45) is 4.99 Å². The number of amides is 2. The molecule has 0 unspecified atom stereocenters. The summed E-state index contributed by atoms with van der Waals surface area (Å²) >= 11 is 0. The summed E-state index contributed by atoms with van der Waals surface area (Å²) in [5.41, 5.74) is 4.47. The number of para-hydroxylation sites is 2. The molecule has 0 aromatic heterocycles. The lowest BCUT2D eigenvalue weighted by molar-refractivity contribution is -0.120. The van der Waals surface area contributed by atoms with Crippen LogP contribution in [0.2, 0.25) is 0 Å². The van der Waals surface area contributed by atoms with E-state index in [-0.39, 0.29) is 17.2 Å². The van der Waals surface area contributed by atoms with Crippen molar-refractivity contribution in [2.45, 2.75) is 12.6 Å². The van der Waals surface area contributed by atoms with Gasteiger partial charge in [0.25, 0.3) is 11.8 Å². The minimum atomic E-state index is -1.09. The molecule has 2 heterocycles. The number of benzene rings is 3. The number of phenolic OH excluding ortho intramolecular Hbond substituents is 1. The smallest absolute Gasteiger partial charge is 0.272 e. The lowest BCUT2D eigenvalue weighted by atomic mass is 9.98. The molecule has 2 aliphatic heterocycles. The second kappa shape index (κ2) is 7.15. The molecule has 6 nitrogen and oxygen atoms in total. The fraction of sp³-hybridized carbons (Fsp3) is 0.125. The van der Waals surface area contributed by atoms with E-state index in [0.29, 0.717) is 12.3 Å². The van der Waals surface area contributed by atoms with Gasteiger partial charge in [-0.25, -0.2) is 4.99 Å². The molecule has 2 amide bonds. The zero-order valence-corrected chi connectivity index (χ0v) is 16.1. The molecular weight excluding hydrogens is 378 g/mol. The summed E-state index contributed by atoms with van der Waals surface area (Å²) in [7, 11) is 0. The van der Waals surface area contributed by atoms with Gasteiger partial charge in [0, 0.05) is 17.7 Å². The van der Waals surface area contributed by atoms with Gasteiger partial charge in [-0.3, -0.25) is 9.59 Å². The van der Waals surface area contributed by atoms with E-state index in [2.05, 4.69) is 5.32 Å². The average Bonchev–Trinajstić information content (AvgIpc) is 3.16. The average molecular weight is 397 g/mol. The third-order valence-electron chi connectivity index (χ3n) is 5.47. The molecule has 0 saturated carbocycles. The van der Waals surface area contributed by atoms with Gasteiger partial charge in [0.15, 0.2) is 0 Å².